The lowest BCUT2D eigenvalue weighted by Crippen LogP contribution is -2.42. The Bertz CT molecular complexity index is 550. The third kappa shape index (κ3) is 4.02. The molecule has 1 aromatic carbocycles. The van der Waals surface area contributed by atoms with Crippen LogP contribution in [0.2, 0.25) is 0 Å². The number of sulfonamides is 1. The van der Waals surface area contributed by atoms with Crippen LogP contribution in [-0.4, -0.2) is 20.9 Å². The maximum Gasteiger partial charge on any atom is 0.240 e. The predicted molar refractivity (Wildman–Crippen MR) is 72.5 cm³/mol. The fourth-order valence-corrected chi connectivity index (χ4v) is 2.46. The molecule has 0 unspecified atom stereocenters. The van der Waals surface area contributed by atoms with Gasteiger partial charge in [-0.05, 0) is 31.5 Å². The summed E-state index contributed by atoms with van der Waals surface area (Å²) in [6, 6.07) is 6.24. The zero-order valence-corrected chi connectivity index (χ0v) is 11.8. The number of carbonyl (C=O) groups is 1. The Morgan fingerprint density at radius 1 is 1.26 bits per heavy atom. The molecule has 0 aliphatic carbocycles. The van der Waals surface area contributed by atoms with E-state index in [1.54, 1.807) is 26.0 Å². The van der Waals surface area contributed by atoms with Crippen LogP contribution in [0.3, 0.4) is 0 Å². The van der Waals surface area contributed by atoms with Crippen LogP contribution in [0.4, 0.5) is 0 Å². The summed E-state index contributed by atoms with van der Waals surface area (Å²) >= 11 is 0. The largest absolute Gasteiger partial charge is 0.369 e. The molecule has 5 N–H and O–H groups in total. The Balaban J connectivity index is 2.84. The van der Waals surface area contributed by atoms with Crippen molar-refractivity contribution in [3.05, 3.63) is 29.8 Å². The summed E-state index contributed by atoms with van der Waals surface area (Å²) in [4.78, 5) is 11.3. The Morgan fingerprint density at radius 3 is 2.21 bits per heavy atom. The third-order valence-corrected chi connectivity index (χ3v) is 4.26. The molecule has 0 aliphatic heterocycles. The summed E-state index contributed by atoms with van der Waals surface area (Å²) < 4.78 is 26.4. The first kappa shape index (κ1) is 15.6. The van der Waals surface area contributed by atoms with Gasteiger partial charge in [-0.3, -0.25) is 4.79 Å². The summed E-state index contributed by atoms with van der Waals surface area (Å²) in [5.41, 5.74) is 10.5. The number of nitrogens with two attached hydrogens (primary N) is 2. The molecule has 0 atom stereocenters. The quantitative estimate of drug-likeness (QED) is 0.678. The van der Waals surface area contributed by atoms with Gasteiger partial charge in [-0.15, -0.1) is 0 Å². The monoisotopic (exact) mass is 285 g/mol. The lowest BCUT2D eigenvalue weighted by Gasteiger charge is -2.20. The van der Waals surface area contributed by atoms with E-state index in [1.165, 1.54) is 12.1 Å². The minimum absolute atomic E-state index is 0.0523. The molecule has 0 spiro atoms. The van der Waals surface area contributed by atoms with Crippen molar-refractivity contribution in [1.82, 2.24) is 4.72 Å². The maximum absolute atomic E-state index is 12.0. The average Bonchev–Trinajstić information content (AvgIpc) is 2.36. The zero-order chi connectivity index (χ0) is 14.7. The van der Waals surface area contributed by atoms with Gasteiger partial charge in [0.2, 0.25) is 15.9 Å². The summed E-state index contributed by atoms with van der Waals surface area (Å²) in [5.74, 6) is -0.561. The van der Waals surface area contributed by atoms with E-state index >= 15 is 0 Å². The van der Waals surface area contributed by atoms with Gasteiger partial charge < -0.3 is 11.5 Å². The molecule has 0 heterocycles. The van der Waals surface area contributed by atoms with Crippen molar-refractivity contribution in [2.24, 2.45) is 16.9 Å². The van der Waals surface area contributed by atoms with Crippen LogP contribution in [0, 0.1) is 5.41 Å². The Labute approximate surface area is 113 Å². The summed E-state index contributed by atoms with van der Waals surface area (Å²) in [6.07, 6.45) is 0. The topological polar surface area (TPSA) is 115 Å². The van der Waals surface area contributed by atoms with Crippen molar-refractivity contribution in [2.45, 2.75) is 25.3 Å². The number of carbonyl (C=O) groups excluding carboxylic acids is 1. The second-order valence-electron chi connectivity index (χ2n) is 4.92. The first-order valence-corrected chi connectivity index (χ1v) is 7.26. The number of benzene rings is 1. The van der Waals surface area contributed by atoms with Gasteiger partial charge in [-0.1, -0.05) is 12.1 Å². The second kappa shape index (κ2) is 5.68. The van der Waals surface area contributed by atoms with Gasteiger partial charge in [0.1, 0.15) is 0 Å². The van der Waals surface area contributed by atoms with Gasteiger partial charge in [0.05, 0.1) is 10.3 Å². The molecule has 0 aliphatic rings. The third-order valence-electron chi connectivity index (χ3n) is 2.84. The van der Waals surface area contributed by atoms with E-state index in [-0.39, 0.29) is 11.4 Å². The van der Waals surface area contributed by atoms with Gasteiger partial charge in [0.25, 0.3) is 0 Å². The lowest BCUT2D eigenvalue weighted by atomic mass is 9.93. The van der Waals surface area contributed by atoms with E-state index in [0.717, 1.165) is 5.56 Å². The van der Waals surface area contributed by atoms with E-state index in [4.69, 9.17) is 11.5 Å². The van der Waals surface area contributed by atoms with Gasteiger partial charge in [-0.2, -0.15) is 0 Å². The maximum atomic E-state index is 12.0. The number of amides is 1. The molecule has 0 bridgehead atoms. The van der Waals surface area contributed by atoms with E-state index in [1.807, 2.05) is 0 Å². The minimum Gasteiger partial charge on any atom is -0.369 e. The van der Waals surface area contributed by atoms with Crippen LogP contribution in [0.25, 0.3) is 0 Å². The van der Waals surface area contributed by atoms with Crippen molar-refractivity contribution < 1.29 is 13.2 Å². The summed E-state index contributed by atoms with van der Waals surface area (Å²) in [7, 11) is -3.65. The van der Waals surface area contributed by atoms with Crippen molar-refractivity contribution in [3.8, 4) is 0 Å². The molecule has 6 nitrogen and oxygen atoms in total. The van der Waals surface area contributed by atoms with Crippen molar-refractivity contribution in [3.63, 3.8) is 0 Å². The molecule has 19 heavy (non-hydrogen) atoms. The van der Waals surface area contributed by atoms with Gasteiger partial charge >= 0.3 is 0 Å². The highest BCUT2D eigenvalue weighted by atomic mass is 32.2. The molecule has 0 saturated carbocycles. The normalized spacial score (nSPS) is 12.4. The SMILES string of the molecule is CC(C)(CNS(=O)(=O)c1ccc(CN)cc1)C(N)=O. The zero-order valence-electron chi connectivity index (χ0n) is 11.0. The van der Waals surface area contributed by atoms with Crippen LogP contribution < -0.4 is 16.2 Å². The molecule has 7 heteroatoms. The van der Waals surface area contributed by atoms with Crippen LogP contribution in [0.1, 0.15) is 19.4 Å². The van der Waals surface area contributed by atoms with Crippen LogP contribution in [-0.2, 0) is 21.4 Å². The minimum atomic E-state index is -3.65. The fraction of sp³-hybridized carbons (Fsp3) is 0.417. The molecular formula is C12H19N3O3S. The van der Waals surface area contributed by atoms with Gasteiger partial charge in [0.15, 0.2) is 0 Å². The van der Waals surface area contributed by atoms with Crippen molar-refractivity contribution in [1.29, 1.82) is 0 Å². The number of primary amides is 1. The Hall–Kier alpha value is -1.44. The second-order valence-corrected chi connectivity index (χ2v) is 6.69. The average molecular weight is 285 g/mol. The molecule has 0 fully saturated rings. The first-order valence-electron chi connectivity index (χ1n) is 5.77. The number of hydrogen-bond donors (Lipinski definition) is 3. The van der Waals surface area contributed by atoms with Crippen molar-refractivity contribution >= 4 is 15.9 Å². The first-order chi connectivity index (χ1) is 8.69. The number of nitrogens with one attached hydrogen (secondary N) is 1. The fourth-order valence-electron chi connectivity index (χ4n) is 1.25. The molecule has 1 rings (SSSR count). The molecule has 1 amide bonds. The lowest BCUT2D eigenvalue weighted by molar-refractivity contribution is -0.125. The molecule has 0 aromatic heterocycles. The summed E-state index contributed by atoms with van der Waals surface area (Å²) in [5, 5.41) is 0. The number of rotatable bonds is 6. The molecular weight excluding hydrogens is 266 g/mol. The predicted octanol–water partition coefficient (Wildman–Crippen LogP) is -0.0649. The number of hydrogen-bond acceptors (Lipinski definition) is 4. The standard InChI is InChI=1S/C12H19N3O3S/c1-12(2,11(14)16)8-15-19(17,18)10-5-3-9(7-13)4-6-10/h3-6,15H,7-8,13H2,1-2H3,(H2,14,16). The summed E-state index contributed by atoms with van der Waals surface area (Å²) in [6.45, 7) is 3.45. The van der Waals surface area contributed by atoms with Crippen LogP contribution >= 0.6 is 0 Å². The highest BCUT2D eigenvalue weighted by Crippen LogP contribution is 2.15. The smallest absolute Gasteiger partial charge is 0.240 e. The molecule has 0 saturated heterocycles. The van der Waals surface area contributed by atoms with Gasteiger partial charge in [0, 0.05) is 13.1 Å². The van der Waals surface area contributed by atoms with Crippen LogP contribution in [0.15, 0.2) is 29.2 Å². The highest BCUT2D eigenvalue weighted by molar-refractivity contribution is 7.89. The molecule has 0 radical (unpaired) electrons. The molecule has 1 aromatic rings. The van der Waals surface area contributed by atoms with Crippen molar-refractivity contribution in [2.75, 3.05) is 6.54 Å². The Morgan fingerprint density at radius 2 is 1.79 bits per heavy atom. The van der Waals surface area contributed by atoms with Gasteiger partial charge in [-0.25, -0.2) is 13.1 Å². The van der Waals surface area contributed by atoms with E-state index in [2.05, 4.69) is 4.72 Å². The van der Waals surface area contributed by atoms with E-state index in [9.17, 15) is 13.2 Å². The van der Waals surface area contributed by atoms with E-state index < -0.39 is 21.3 Å². The highest BCUT2D eigenvalue weighted by Gasteiger charge is 2.27. The molecule has 106 valence electrons. The van der Waals surface area contributed by atoms with E-state index in [0.29, 0.717) is 6.54 Å². The Kier molecular flexibility index (Phi) is 4.67. The van der Waals surface area contributed by atoms with Crippen LogP contribution in [0.5, 0.6) is 0 Å².